The second kappa shape index (κ2) is 5.58. The summed E-state index contributed by atoms with van der Waals surface area (Å²) < 4.78 is 5.37. The Morgan fingerprint density at radius 1 is 1.11 bits per heavy atom. The lowest BCUT2D eigenvalue weighted by Crippen LogP contribution is -2.02. The summed E-state index contributed by atoms with van der Waals surface area (Å²) in [5.41, 5.74) is 2.38. The summed E-state index contributed by atoms with van der Waals surface area (Å²) in [6.07, 6.45) is 0.991. The fraction of sp³-hybridized carbons (Fsp3) is 0.250. The number of aromatic hydroxyl groups is 1. The maximum absolute atomic E-state index is 9.51. The molecular formula is C16H18O2. The zero-order valence-electron chi connectivity index (χ0n) is 10.8. The minimum atomic E-state index is 0.235. The fourth-order valence-corrected chi connectivity index (χ4v) is 2.31. The van der Waals surface area contributed by atoms with Crippen LogP contribution in [0.15, 0.2) is 48.5 Å². The van der Waals surface area contributed by atoms with Gasteiger partial charge in [0.2, 0.25) is 0 Å². The lowest BCUT2D eigenvalue weighted by molar-refractivity contribution is 0.400. The zero-order valence-corrected chi connectivity index (χ0v) is 10.8. The first-order valence-electron chi connectivity index (χ1n) is 6.18. The zero-order chi connectivity index (χ0) is 13.0. The van der Waals surface area contributed by atoms with Gasteiger partial charge in [-0.3, -0.25) is 0 Å². The van der Waals surface area contributed by atoms with Crippen molar-refractivity contribution in [3.63, 3.8) is 0 Å². The molecule has 0 aliphatic carbocycles. The van der Waals surface area contributed by atoms with E-state index in [-0.39, 0.29) is 5.75 Å². The number of phenols is 1. The van der Waals surface area contributed by atoms with Crippen LogP contribution in [0.2, 0.25) is 0 Å². The fourth-order valence-electron chi connectivity index (χ4n) is 2.31. The van der Waals surface area contributed by atoms with Crippen molar-refractivity contribution < 1.29 is 9.84 Å². The number of benzene rings is 2. The second-order valence-corrected chi connectivity index (χ2v) is 4.30. The lowest BCUT2D eigenvalue weighted by atomic mass is 9.88. The molecule has 0 aromatic heterocycles. The van der Waals surface area contributed by atoms with Gasteiger partial charge in [0.1, 0.15) is 11.5 Å². The molecule has 1 N–H and O–H groups in total. The van der Waals surface area contributed by atoms with Gasteiger partial charge in [0.05, 0.1) is 7.11 Å². The highest BCUT2D eigenvalue weighted by Crippen LogP contribution is 2.35. The smallest absolute Gasteiger partial charge is 0.126 e. The van der Waals surface area contributed by atoms with Crippen LogP contribution in [0.3, 0.4) is 0 Å². The molecule has 0 fully saturated rings. The van der Waals surface area contributed by atoms with Crippen molar-refractivity contribution in [1.82, 2.24) is 0 Å². The monoisotopic (exact) mass is 242 g/mol. The van der Waals surface area contributed by atoms with Crippen molar-refractivity contribution in [1.29, 1.82) is 0 Å². The van der Waals surface area contributed by atoms with E-state index in [4.69, 9.17) is 4.74 Å². The van der Waals surface area contributed by atoms with Crippen molar-refractivity contribution in [3.05, 3.63) is 59.7 Å². The average Bonchev–Trinajstić information content (AvgIpc) is 2.42. The van der Waals surface area contributed by atoms with Crippen molar-refractivity contribution in [3.8, 4) is 11.5 Å². The molecule has 0 heterocycles. The van der Waals surface area contributed by atoms with Gasteiger partial charge in [0.15, 0.2) is 0 Å². The predicted molar refractivity (Wildman–Crippen MR) is 73.2 cm³/mol. The third-order valence-electron chi connectivity index (χ3n) is 3.20. The van der Waals surface area contributed by atoms with E-state index in [0.29, 0.717) is 5.92 Å². The third-order valence-corrected chi connectivity index (χ3v) is 3.20. The van der Waals surface area contributed by atoms with Crippen LogP contribution in [-0.2, 0) is 0 Å². The molecule has 0 spiro atoms. The molecule has 94 valence electrons. The van der Waals surface area contributed by atoms with Crippen molar-refractivity contribution in [2.75, 3.05) is 7.11 Å². The van der Waals surface area contributed by atoms with Crippen molar-refractivity contribution in [2.24, 2.45) is 0 Å². The summed E-state index contributed by atoms with van der Waals surface area (Å²) in [5.74, 6) is 1.27. The van der Waals surface area contributed by atoms with Crippen LogP contribution in [0.5, 0.6) is 11.5 Å². The van der Waals surface area contributed by atoms with Crippen LogP contribution in [0.25, 0.3) is 0 Å². The van der Waals surface area contributed by atoms with Gasteiger partial charge in [-0.1, -0.05) is 43.3 Å². The molecule has 0 aliphatic heterocycles. The molecule has 2 aromatic carbocycles. The SMILES string of the molecule is CCC(c1ccccc1)c1ccc(O)cc1OC. The molecule has 0 amide bonds. The molecule has 2 rings (SSSR count). The summed E-state index contributed by atoms with van der Waals surface area (Å²) in [4.78, 5) is 0. The molecular weight excluding hydrogens is 224 g/mol. The maximum atomic E-state index is 9.51. The number of methoxy groups -OCH3 is 1. The molecule has 2 aromatic rings. The lowest BCUT2D eigenvalue weighted by Gasteiger charge is -2.19. The first kappa shape index (κ1) is 12.5. The summed E-state index contributed by atoms with van der Waals surface area (Å²) in [6.45, 7) is 2.16. The Morgan fingerprint density at radius 3 is 2.44 bits per heavy atom. The molecule has 0 radical (unpaired) electrons. The summed E-state index contributed by atoms with van der Waals surface area (Å²) in [6, 6.07) is 15.7. The van der Waals surface area contributed by atoms with Crippen LogP contribution in [0.1, 0.15) is 30.4 Å². The largest absolute Gasteiger partial charge is 0.508 e. The van der Waals surface area contributed by atoms with Gasteiger partial charge in [-0.15, -0.1) is 0 Å². The van der Waals surface area contributed by atoms with E-state index in [1.54, 1.807) is 19.2 Å². The predicted octanol–water partition coefficient (Wildman–Crippen LogP) is 3.94. The molecule has 1 atom stereocenters. The third kappa shape index (κ3) is 2.48. The minimum absolute atomic E-state index is 0.235. The topological polar surface area (TPSA) is 29.5 Å². The van der Waals surface area contributed by atoms with Crippen LogP contribution in [-0.4, -0.2) is 12.2 Å². The second-order valence-electron chi connectivity index (χ2n) is 4.30. The first-order chi connectivity index (χ1) is 8.76. The van der Waals surface area contributed by atoms with E-state index in [9.17, 15) is 5.11 Å². The van der Waals surface area contributed by atoms with Crippen LogP contribution >= 0.6 is 0 Å². The number of phenolic OH excluding ortho intramolecular Hbond substituents is 1. The van der Waals surface area contributed by atoms with E-state index in [0.717, 1.165) is 17.7 Å². The Morgan fingerprint density at radius 2 is 1.83 bits per heavy atom. The van der Waals surface area contributed by atoms with Gasteiger partial charge in [-0.25, -0.2) is 0 Å². The number of hydrogen-bond donors (Lipinski definition) is 1. The van der Waals surface area contributed by atoms with Gasteiger partial charge in [0.25, 0.3) is 0 Å². The van der Waals surface area contributed by atoms with Crippen LogP contribution in [0, 0.1) is 0 Å². The Balaban J connectivity index is 2.45. The first-order valence-corrected chi connectivity index (χ1v) is 6.18. The molecule has 2 heteroatoms. The minimum Gasteiger partial charge on any atom is -0.508 e. The van der Waals surface area contributed by atoms with Crippen molar-refractivity contribution in [2.45, 2.75) is 19.3 Å². The van der Waals surface area contributed by atoms with E-state index < -0.39 is 0 Å². The number of hydrogen-bond acceptors (Lipinski definition) is 2. The molecule has 0 saturated heterocycles. The van der Waals surface area contributed by atoms with E-state index in [1.807, 2.05) is 24.3 Å². The van der Waals surface area contributed by atoms with Crippen molar-refractivity contribution >= 4 is 0 Å². The molecule has 0 saturated carbocycles. The van der Waals surface area contributed by atoms with E-state index in [2.05, 4.69) is 19.1 Å². The molecule has 0 bridgehead atoms. The standard InChI is InChI=1S/C16H18O2/c1-3-14(12-7-5-4-6-8-12)15-10-9-13(17)11-16(15)18-2/h4-11,14,17H,3H2,1-2H3. The molecule has 18 heavy (non-hydrogen) atoms. The quantitative estimate of drug-likeness (QED) is 0.879. The number of rotatable bonds is 4. The van der Waals surface area contributed by atoms with Gasteiger partial charge in [-0.2, -0.15) is 0 Å². The average molecular weight is 242 g/mol. The Labute approximate surface area is 108 Å². The highest BCUT2D eigenvalue weighted by molar-refractivity contribution is 5.45. The van der Waals surface area contributed by atoms with Crippen LogP contribution < -0.4 is 4.74 Å². The summed E-state index contributed by atoms with van der Waals surface area (Å²) in [5, 5.41) is 9.51. The summed E-state index contributed by atoms with van der Waals surface area (Å²) >= 11 is 0. The molecule has 2 nitrogen and oxygen atoms in total. The molecule has 1 unspecified atom stereocenters. The Kier molecular flexibility index (Phi) is 3.88. The Bertz CT molecular complexity index is 506. The normalized spacial score (nSPS) is 12.1. The van der Waals surface area contributed by atoms with E-state index in [1.165, 1.54) is 5.56 Å². The number of ether oxygens (including phenoxy) is 1. The summed E-state index contributed by atoms with van der Waals surface area (Å²) in [7, 11) is 1.63. The van der Waals surface area contributed by atoms with Crippen LogP contribution in [0.4, 0.5) is 0 Å². The highest BCUT2D eigenvalue weighted by Gasteiger charge is 2.16. The van der Waals surface area contributed by atoms with Gasteiger partial charge in [-0.05, 0) is 18.1 Å². The highest BCUT2D eigenvalue weighted by atomic mass is 16.5. The van der Waals surface area contributed by atoms with Gasteiger partial charge >= 0.3 is 0 Å². The molecule has 0 aliphatic rings. The van der Waals surface area contributed by atoms with Gasteiger partial charge in [0, 0.05) is 17.5 Å². The van der Waals surface area contributed by atoms with E-state index >= 15 is 0 Å². The Hall–Kier alpha value is -1.96. The van der Waals surface area contributed by atoms with Gasteiger partial charge < -0.3 is 9.84 Å². The maximum Gasteiger partial charge on any atom is 0.126 e.